The molecule has 0 saturated carbocycles. The third-order valence-corrected chi connectivity index (χ3v) is 6.21. The standard InChI is InChI=1S/C22H23IO9S/c1-28-22-19(31-21(25)15-11-7-4-8-12-15)18(30-20(24)14-9-5-3-6-10-14)17(16(13-23)29-22)32-33(2,26)27/h3-12,16-19,22H,13H2,1-2H3. The average Bonchev–Trinajstić information content (AvgIpc) is 2.81. The van der Waals surface area contributed by atoms with Crippen molar-refractivity contribution >= 4 is 44.6 Å². The first-order valence-corrected chi connectivity index (χ1v) is 13.2. The van der Waals surface area contributed by atoms with Gasteiger partial charge in [0.2, 0.25) is 0 Å². The summed E-state index contributed by atoms with van der Waals surface area (Å²) in [4.78, 5) is 25.6. The Kier molecular flexibility index (Phi) is 8.82. The maximum atomic E-state index is 12.9. The Balaban J connectivity index is 1.98. The van der Waals surface area contributed by atoms with Crippen molar-refractivity contribution in [2.24, 2.45) is 0 Å². The van der Waals surface area contributed by atoms with Crippen LogP contribution in [0.4, 0.5) is 0 Å². The molecule has 0 aromatic heterocycles. The number of ether oxygens (including phenoxy) is 4. The maximum absolute atomic E-state index is 12.9. The summed E-state index contributed by atoms with van der Waals surface area (Å²) in [5.74, 6) is -1.47. The first-order chi connectivity index (χ1) is 15.7. The summed E-state index contributed by atoms with van der Waals surface area (Å²) in [7, 11) is -2.64. The first-order valence-electron chi connectivity index (χ1n) is 9.88. The summed E-state index contributed by atoms with van der Waals surface area (Å²) in [6.45, 7) is 0. The molecule has 0 N–H and O–H groups in total. The van der Waals surface area contributed by atoms with Crippen molar-refractivity contribution in [1.82, 2.24) is 0 Å². The minimum atomic E-state index is -3.98. The number of carbonyl (C=O) groups is 2. The number of hydrogen-bond donors (Lipinski definition) is 0. The summed E-state index contributed by atoms with van der Waals surface area (Å²) in [5.41, 5.74) is 0.479. The lowest BCUT2D eigenvalue weighted by Gasteiger charge is -2.43. The molecule has 2 aromatic carbocycles. The minimum absolute atomic E-state index is 0.232. The summed E-state index contributed by atoms with van der Waals surface area (Å²) in [6.07, 6.45) is -5.00. The molecule has 3 rings (SSSR count). The van der Waals surface area contributed by atoms with Crippen LogP contribution in [0.15, 0.2) is 60.7 Å². The second kappa shape index (κ2) is 11.4. The Morgan fingerprint density at radius 1 is 0.879 bits per heavy atom. The van der Waals surface area contributed by atoms with Gasteiger partial charge in [-0.2, -0.15) is 8.42 Å². The van der Waals surface area contributed by atoms with Gasteiger partial charge in [0.25, 0.3) is 10.1 Å². The van der Waals surface area contributed by atoms with Gasteiger partial charge in [-0.3, -0.25) is 4.18 Å². The molecule has 1 aliphatic rings. The fourth-order valence-electron chi connectivity index (χ4n) is 3.30. The predicted molar refractivity (Wildman–Crippen MR) is 126 cm³/mol. The van der Waals surface area contributed by atoms with Crippen LogP contribution in [0.5, 0.6) is 0 Å². The van der Waals surface area contributed by atoms with Gasteiger partial charge in [0.15, 0.2) is 18.5 Å². The fourth-order valence-corrected chi connectivity index (χ4v) is 4.65. The Morgan fingerprint density at radius 3 is 1.79 bits per heavy atom. The summed E-state index contributed by atoms with van der Waals surface area (Å²) in [5, 5.41) is 0. The summed E-state index contributed by atoms with van der Waals surface area (Å²) in [6, 6.07) is 16.3. The normalized spacial score (nSPS) is 25.2. The van der Waals surface area contributed by atoms with Crippen molar-refractivity contribution in [2.45, 2.75) is 30.7 Å². The highest BCUT2D eigenvalue weighted by Gasteiger charge is 2.52. The van der Waals surface area contributed by atoms with Crippen molar-refractivity contribution in [3.8, 4) is 0 Å². The Hall–Kier alpha value is -2.06. The van der Waals surface area contributed by atoms with Crippen LogP contribution in [-0.4, -0.2) is 68.9 Å². The number of alkyl halides is 1. The monoisotopic (exact) mass is 590 g/mol. The van der Waals surface area contributed by atoms with Gasteiger partial charge in [-0.05, 0) is 24.3 Å². The molecule has 33 heavy (non-hydrogen) atoms. The minimum Gasteiger partial charge on any atom is -0.452 e. The van der Waals surface area contributed by atoms with E-state index in [4.69, 9.17) is 23.1 Å². The van der Waals surface area contributed by atoms with Gasteiger partial charge in [-0.15, -0.1) is 0 Å². The van der Waals surface area contributed by atoms with E-state index in [2.05, 4.69) is 0 Å². The van der Waals surface area contributed by atoms with E-state index >= 15 is 0 Å². The molecule has 1 saturated heterocycles. The number of benzene rings is 2. The van der Waals surface area contributed by atoms with Crippen LogP contribution in [0.1, 0.15) is 20.7 Å². The van der Waals surface area contributed by atoms with E-state index in [1.165, 1.54) is 7.11 Å². The lowest BCUT2D eigenvalue weighted by molar-refractivity contribution is -0.278. The molecule has 0 radical (unpaired) electrons. The number of rotatable bonds is 8. The summed E-state index contributed by atoms with van der Waals surface area (Å²) >= 11 is 1.99. The highest BCUT2D eigenvalue weighted by Crippen LogP contribution is 2.31. The molecule has 0 aliphatic carbocycles. The maximum Gasteiger partial charge on any atom is 0.338 e. The molecule has 1 heterocycles. The number of hydrogen-bond acceptors (Lipinski definition) is 9. The Bertz CT molecular complexity index is 1050. The Labute approximate surface area is 205 Å². The van der Waals surface area contributed by atoms with E-state index in [1.807, 2.05) is 22.6 Å². The van der Waals surface area contributed by atoms with Crippen molar-refractivity contribution in [2.75, 3.05) is 17.8 Å². The van der Waals surface area contributed by atoms with Gasteiger partial charge >= 0.3 is 11.9 Å². The van der Waals surface area contributed by atoms with Crippen LogP contribution in [0, 0.1) is 0 Å². The zero-order valence-corrected chi connectivity index (χ0v) is 20.8. The fraction of sp³-hybridized carbons (Fsp3) is 0.364. The molecule has 9 nitrogen and oxygen atoms in total. The van der Waals surface area contributed by atoms with Crippen molar-refractivity contribution in [3.05, 3.63) is 71.8 Å². The number of carbonyl (C=O) groups excluding carboxylic acids is 2. The van der Waals surface area contributed by atoms with Crippen LogP contribution in [0.2, 0.25) is 0 Å². The van der Waals surface area contributed by atoms with Crippen LogP contribution < -0.4 is 0 Å². The van der Waals surface area contributed by atoms with E-state index in [9.17, 15) is 18.0 Å². The number of halogens is 1. The molecule has 0 spiro atoms. The van der Waals surface area contributed by atoms with Crippen LogP contribution in [-0.2, 0) is 33.2 Å². The highest BCUT2D eigenvalue weighted by molar-refractivity contribution is 14.1. The summed E-state index contributed by atoms with van der Waals surface area (Å²) < 4.78 is 52.1. The third-order valence-electron chi connectivity index (χ3n) is 4.77. The lowest BCUT2D eigenvalue weighted by atomic mass is 9.99. The molecule has 178 valence electrons. The Morgan fingerprint density at radius 2 is 1.36 bits per heavy atom. The molecule has 1 aliphatic heterocycles. The molecular weight excluding hydrogens is 567 g/mol. The van der Waals surface area contributed by atoms with Crippen LogP contribution >= 0.6 is 22.6 Å². The largest absolute Gasteiger partial charge is 0.452 e. The molecule has 2 aromatic rings. The SMILES string of the molecule is COC1OC(CI)C(OS(C)(=O)=O)C(OC(=O)c2ccccc2)C1OC(=O)c1ccccc1. The topological polar surface area (TPSA) is 114 Å². The van der Waals surface area contributed by atoms with Crippen LogP contribution in [0.3, 0.4) is 0 Å². The average molecular weight is 590 g/mol. The van der Waals surface area contributed by atoms with E-state index in [-0.39, 0.29) is 15.6 Å². The van der Waals surface area contributed by atoms with E-state index in [0.717, 1.165) is 6.26 Å². The van der Waals surface area contributed by atoms with E-state index < -0.39 is 52.8 Å². The first kappa shape index (κ1) is 25.6. The quantitative estimate of drug-likeness (QED) is 0.198. The lowest BCUT2D eigenvalue weighted by Crippen LogP contribution is -2.62. The molecule has 5 atom stereocenters. The zero-order valence-electron chi connectivity index (χ0n) is 17.8. The molecule has 11 heteroatoms. The van der Waals surface area contributed by atoms with Crippen molar-refractivity contribution in [3.63, 3.8) is 0 Å². The van der Waals surface area contributed by atoms with Crippen molar-refractivity contribution < 1.29 is 41.1 Å². The van der Waals surface area contributed by atoms with Crippen LogP contribution in [0.25, 0.3) is 0 Å². The van der Waals surface area contributed by atoms with Gasteiger partial charge < -0.3 is 18.9 Å². The molecule has 1 fully saturated rings. The third kappa shape index (κ3) is 6.73. The smallest absolute Gasteiger partial charge is 0.338 e. The molecule has 0 amide bonds. The second-order valence-corrected chi connectivity index (χ2v) is 9.65. The predicted octanol–water partition coefficient (Wildman–Crippen LogP) is 2.59. The van der Waals surface area contributed by atoms with Gasteiger partial charge in [-0.25, -0.2) is 9.59 Å². The molecule has 5 unspecified atom stereocenters. The molecular formula is C22H23IO9S. The van der Waals surface area contributed by atoms with Gasteiger partial charge in [0.05, 0.1) is 17.4 Å². The van der Waals surface area contributed by atoms with Gasteiger partial charge in [-0.1, -0.05) is 59.0 Å². The van der Waals surface area contributed by atoms with E-state index in [1.54, 1.807) is 60.7 Å². The second-order valence-electron chi connectivity index (χ2n) is 7.17. The zero-order chi connectivity index (χ0) is 24.0. The van der Waals surface area contributed by atoms with Crippen molar-refractivity contribution in [1.29, 1.82) is 0 Å². The number of methoxy groups -OCH3 is 1. The molecule has 0 bridgehead atoms. The van der Waals surface area contributed by atoms with E-state index in [0.29, 0.717) is 0 Å². The highest BCUT2D eigenvalue weighted by atomic mass is 127. The van der Waals surface area contributed by atoms with Gasteiger partial charge in [0, 0.05) is 11.5 Å². The number of esters is 2. The van der Waals surface area contributed by atoms with Gasteiger partial charge in [0.1, 0.15) is 12.2 Å².